The van der Waals surface area contributed by atoms with E-state index >= 15 is 0 Å². The number of benzene rings is 3. The molecule has 3 fully saturated rings. The highest BCUT2D eigenvalue weighted by atomic mass is 31.2. The van der Waals surface area contributed by atoms with E-state index in [2.05, 4.69) is 21.5 Å². The minimum Gasteiger partial charge on any atom is -0.463 e. The minimum absolute atomic E-state index is 0.0980. The summed E-state index contributed by atoms with van der Waals surface area (Å²) in [5, 5.41) is 32.9. The maximum Gasteiger partial charge on any atom is 0.380 e. The van der Waals surface area contributed by atoms with Gasteiger partial charge in [-0.3, -0.25) is 37.1 Å². The Kier molecular flexibility index (Phi) is 32.6. The fourth-order valence-electron chi connectivity index (χ4n) is 12.3. The summed E-state index contributed by atoms with van der Waals surface area (Å²) in [6.45, 7) is 18.2. The van der Waals surface area contributed by atoms with Crippen molar-refractivity contribution >= 4 is 58.2 Å². The molecule has 4 aliphatic heterocycles. The molecule has 117 heavy (non-hydrogen) atoms. The lowest BCUT2D eigenvalue weighted by Crippen LogP contribution is -2.62. The molecule has 0 amide bonds. The second-order valence-electron chi connectivity index (χ2n) is 29.2. The number of aliphatic hydroxyl groups is 3. The smallest absolute Gasteiger partial charge is 0.380 e. The molecule has 9 rings (SSSR count). The monoisotopic (exact) mass is 1720 g/mol. The van der Waals surface area contributed by atoms with E-state index in [1.165, 1.54) is 65.8 Å². The number of hydrogen-bond acceptors (Lipinski definition) is 33. The molecule has 0 radical (unpaired) electrons. The first-order valence-electron chi connectivity index (χ1n) is 36.6. The lowest BCUT2D eigenvalue weighted by molar-refractivity contribution is -0.152. The summed E-state index contributed by atoms with van der Waals surface area (Å²) >= 11 is 0. The number of carbonyl (C=O) groups excluding carboxylic acids is 3. The summed E-state index contributed by atoms with van der Waals surface area (Å²) in [7, 11) is -12.5. The van der Waals surface area contributed by atoms with Gasteiger partial charge in [-0.05, 0) is 98.7 Å². The maximum atomic E-state index is 14.3. The molecule has 21 atom stereocenters. The number of aliphatic hydroxyl groups excluding tert-OH is 3. The number of aliphatic imine (C=N–C) groups is 1. The van der Waals surface area contributed by atoms with Gasteiger partial charge in [-0.1, -0.05) is 81.9 Å². The molecule has 648 valence electrons. The molecular formula is C73H101F6N12O23P3. The average molecular weight is 1720 g/mol. The number of nitrogen functional groups attached to an aromatic ring is 2. The van der Waals surface area contributed by atoms with Crippen molar-refractivity contribution in [3.63, 3.8) is 0 Å². The van der Waals surface area contributed by atoms with Crippen LogP contribution in [0.1, 0.15) is 95.5 Å². The second kappa shape index (κ2) is 40.0. The third-order valence-electron chi connectivity index (χ3n) is 18.3. The van der Waals surface area contributed by atoms with Crippen LogP contribution >= 0.6 is 22.8 Å². The molecular weight excluding hydrogens is 1620 g/mol. The van der Waals surface area contributed by atoms with Crippen LogP contribution in [0.5, 0.6) is 17.2 Å². The zero-order valence-electron chi connectivity index (χ0n) is 66.0. The third-order valence-corrected chi connectivity index (χ3v) is 24.7. The number of ether oxygens (including phenoxy) is 6. The number of amidine groups is 1. The molecule has 0 saturated carbocycles. The van der Waals surface area contributed by atoms with Crippen LogP contribution in [-0.4, -0.2) is 198 Å². The van der Waals surface area contributed by atoms with Gasteiger partial charge in [-0.2, -0.15) is 9.97 Å². The number of para-hydroxylation sites is 3. The van der Waals surface area contributed by atoms with Crippen LogP contribution in [0.15, 0.2) is 142 Å². The second-order valence-corrected chi connectivity index (χ2v) is 35.2. The summed E-state index contributed by atoms with van der Waals surface area (Å²) in [5.41, 5.74) is 25.8. The van der Waals surface area contributed by atoms with E-state index in [1.807, 2.05) is 0 Å². The number of anilines is 2. The summed E-state index contributed by atoms with van der Waals surface area (Å²) in [6, 6.07) is 24.2. The standard InChI is InChI=1S/C25H35F2N4O7P.2C24H33F2N4O8P/c1-14(2)35-23(33)15(3)12-39(34,38-18-9-7-6-8-10-18)37-16(4)20-21(32)25(29,13-26)24(36-20)31-11-19(27)22(28)30-17(31)5;2*1-13(2)35-21(32)14(3)11-39(34,38-16-8-6-5-7-9-16)37-15(4)18-19(31)24(28,12-25)22(36-18)30-10-17(26)20(27)29-23(30)33/h6-11,14-16,20-21,24,32H,5,12-13,29H2,1-4H3,(H2,28,30);2*5-10,13-15,18-19,22,31H,11-12,28H2,1-4H3,(H2,27,29,33)/t15-,16-,20-,21+,24-,25?,39-;14-,15-,18-,19+,22-,24?,39?;14-,15-,18-,19+,22-,24?,39+/m111/s1. The molecule has 44 heteroatoms. The first-order valence-corrected chi connectivity index (χ1v) is 41.8. The summed E-state index contributed by atoms with van der Waals surface area (Å²) < 4.78 is 196. The zero-order chi connectivity index (χ0) is 87.4. The number of aromatic nitrogens is 4. The SMILES string of the molecule is C=C1N=C(N)C(F)=CN1[C@@H]1O[C@H]([C@@H](C)O[P@](=O)(C[C@@H](C)C(=O)OC(C)C)Oc2ccccc2)[C@H](O)C1(N)CF.CC(C)OC(=O)[C@H](C)CP(=O)(Oc1ccccc1)O[C@H](C)[C@H]1O[C@@H](n2cc(F)c(N)nc2=O)C(N)(CF)[C@H]1O.CC(C)OC(=O)[C@H](C)C[P@@](=O)(Oc1ccccc1)O[C@H](C)[C@H]1O[C@@H](n2cc(F)c(N)nc2=O)C(N)(CF)[C@H]1O. The van der Waals surface area contributed by atoms with Crippen LogP contribution in [0.4, 0.5) is 38.0 Å². The van der Waals surface area contributed by atoms with E-state index in [0.717, 1.165) is 11.1 Å². The van der Waals surface area contributed by atoms with Gasteiger partial charge >= 0.3 is 52.1 Å². The largest absolute Gasteiger partial charge is 0.463 e. The minimum atomic E-state index is -4.18. The predicted octanol–water partition coefficient (Wildman–Crippen LogP) is 7.27. The van der Waals surface area contributed by atoms with Gasteiger partial charge in [-0.15, -0.1) is 0 Å². The molecule has 0 spiro atoms. The Bertz CT molecular complexity index is 4400. The number of esters is 3. The number of nitrogens with zero attached hydrogens (tertiary/aromatic N) is 6. The molecule has 0 aliphatic carbocycles. The molecule has 0 bridgehead atoms. The Hall–Kier alpha value is -8.63. The summed E-state index contributed by atoms with van der Waals surface area (Å²) in [5.74, 6) is -9.06. The van der Waals surface area contributed by atoms with Gasteiger partial charge in [0.15, 0.2) is 53.6 Å². The van der Waals surface area contributed by atoms with Crippen molar-refractivity contribution in [2.75, 3.05) is 50.0 Å². The van der Waals surface area contributed by atoms with Gasteiger partial charge in [0.2, 0.25) is 0 Å². The van der Waals surface area contributed by atoms with Crippen molar-refractivity contribution in [2.45, 2.75) is 192 Å². The van der Waals surface area contributed by atoms with Gasteiger partial charge in [0.05, 0.1) is 85.3 Å². The van der Waals surface area contributed by atoms with E-state index in [1.54, 1.807) is 108 Å². The summed E-state index contributed by atoms with van der Waals surface area (Å²) in [6.07, 6.45) is -18.6. The fourth-order valence-corrected chi connectivity index (χ4v) is 18.6. The van der Waals surface area contributed by atoms with Gasteiger partial charge in [0, 0.05) is 6.20 Å². The van der Waals surface area contributed by atoms with E-state index in [-0.39, 0.29) is 29.2 Å². The van der Waals surface area contributed by atoms with E-state index in [0.29, 0.717) is 21.5 Å². The number of nitrogens with two attached hydrogens (primary N) is 6. The highest BCUT2D eigenvalue weighted by Gasteiger charge is 2.62. The topological polar surface area (TPSA) is 515 Å². The first kappa shape index (κ1) is 95.5. The highest BCUT2D eigenvalue weighted by Crippen LogP contribution is 2.56. The van der Waals surface area contributed by atoms with Gasteiger partial charge in [0.1, 0.15) is 96.3 Å². The van der Waals surface area contributed by atoms with Crippen molar-refractivity contribution in [3.8, 4) is 17.2 Å². The highest BCUT2D eigenvalue weighted by molar-refractivity contribution is 7.55. The van der Waals surface area contributed by atoms with Crippen molar-refractivity contribution in [1.82, 2.24) is 24.0 Å². The van der Waals surface area contributed by atoms with Crippen molar-refractivity contribution < 1.29 is 125 Å². The lowest BCUT2D eigenvalue weighted by Gasteiger charge is -2.37. The van der Waals surface area contributed by atoms with Crippen LogP contribution in [0.3, 0.4) is 0 Å². The number of halogens is 6. The summed E-state index contributed by atoms with van der Waals surface area (Å²) in [4.78, 5) is 73.5. The van der Waals surface area contributed by atoms with Crippen molar-refractivity contribution in [2.24, 2.45) is 45.7 Å². The third kappa shape index (κ3) is 23.5. The molecule has 6 heterocycles. The van der Waals surface area contributed by atoms with Crippen LogP contribution in [0.2, 0.25) is 0 Å². The first-order chi connectivity index (χ1) is 54.6. The van der Waals surface area contributed by atoms with Crippen LogP contribution in [-0.2, 0) is 70.1 Å². The maximum absolute atomic E-state index is 14.3. The molecule has 5 aromatic rings. The molecule has 15 N–H and O–H groups in total. The zero-order valence-corrected chi connectivity index (χ0v) is 68.7. The normalized spacial score (nSPS) is 26.9. The fraction of sp³-hybridized carbons (Fsp3) is 0.534. The number of rotatable bonds is 33. The van der Waals surface area contributed by atoms with E-state index in [9.17, 15) is 79.3 Å². The van der Waals surface area contributed by atoms with Gasteiger partial charge in [0.25, 0.3) is 0 Å². The van der Waals surface area contributed by atoms with Crippen molar-refractivity contribution in [3.05, 3.63) is 160 Å². The van der Waals surface area contributed by atoms with E-state index < -0.39 is 246 Å². The Labute approximate surface area is 669 Å². The van der Waals surface area contributed by atoms with Gasteiger partial charge < -0.3 is 96.6 Å². The molecule has 35 nitrogen and oxygen atoms in total. The van der Waals surface area contributed by atoms with E-state index in [4.69, 9.17) is 90.0 Å². The lowest BCUT2D eigenvalue weighted by atomic mass is 9.90. The Morgan fingerprint density at radius 3 is 1.04 bits per heavy atom. The van der Waals surface area contributed by atoms with Crippen LogP contribution in [0, 0.1) is 29.4 Å². The molecule has 3 saturated heterocycles. The molecule has 4 unspecified atom stereocenters. The molecule has 4 aliphatic rings. The number of hydrogen-bond donors (Lipinski definition) is 9. The molecule has 3 aromatic carbocycles. The molecule has 2 aromatic heterocycles. The van der Waals surface area contributed by atoms with Crippen LogP contribution in [0.25, 0.3) is 0 Å². The average Bonchev–Trinajstić information content (AvgIpc) is 1.61. The number of carbonyl (C=O) groups is 3. The predicted molar refractivity (Wildman–Crippen MR) is 412 cm³/mol. The Morgan fingerprint density at radius 2 is 0.769 bits per heavy atom. The van der Waals surface area contributed by atoms with Crippen molar-refractivity contribution in [1.29, 1.82) is 0 Å². The Balaban J connectivity index is 0.000000242. The quantitative estimate of drug-likeness (QED) is 0.00862. The van der Waals surface area contributed by atoms with Gasteiger partial charge in [-0.25, -0.2) is 54.6 Å². The number of alkyl halides is 3. The Morgan fingerprint density at radius 1 is 0.496 bits per heavy atom. The van der Waals surface area contributed by atoms with Crippen LogP contribution < -0.4 is 59.4 Å².